The standard InChI is InChI=1S/C13H17F2NO3/c1-8(2)7-16-11(12(17)18)9-5-3-4-6-10(9)19-13(14)15/h3-6,8,11,13,16H,7H2,1-2H3,(H,17,18). The molecule has 19 heavy (non-hydrogen) atoms. The van der Waals surface area contributed by atoms with Gasteiger partial charge in [-0.2, -0.15) is 8.78 Å². The fourth-order valence-electron chi connectivity index (χ4n) is 1.61. The third-order valence-corrected chi connectivity index (χ3v) is 2.42. The molecule has 0 fully saturated rings. The smallest absolute Gasteiger partial charge is 0.387 e. The minimum absolute atomic E-state index is 0.124. The van der Waals surface area contributed by atoms with Gasteiger partial charge in [-0.3, -0.25) is 4.79 Å². The molecule has 0 amide bonds. The van der Waals surface area contributed by atoms with Crippen molar-refractivity contribution < 1.29 is 23.4 Å². The summed E-state index contributed by atoms with van der Waals surface area (Å²) < 4.78 is 28.9. The maximum absolute atomic E-state index is 12.3. The van der Waals surface area contributed by atoms with E-state index >= 15 is 0 Å². The van der Waals surface area contributed by atoms with Crippen LogP contribution in [0.15, 0.2) is 24.3 Å². The van der Waals surface area contributed by atoms with Gasteiger partial charge in [-0.05, 0) is 18.5 Å². The number of ether oxygens (including phenoxy) is 1. The SMILES string of the molecule is CC(C)CNC(C(=O)O)c1ccccc1OC(F)F. The van der Waals surface area contributed by atoms with E-state index in [9.17, 15) is 18.7 Å². The normalized spacial score (nSPS) is 12.7. The Morgan fingerprint density at radius 3 is 2.53 bits per heavy atom. The first-order valence-corrected chi connectivity index (χ1v) is 5.91. The second kappa shape index (κ2) is 7.04. The molecule has 0 aliphatic heterocycles. The van der Waals surface area contributed by atoms with Gasteiger partial charge in [0.15, 0.2) is 0 Å². The van der Waals surface area contributed by atoms with Crippen LogP contribution in [0.1, 0.15) is 25.5 Å². The number of nitrogens with one attached hydrogen (secondary N) is 1. The molecule has 1 aromatic carbocycles. The maximum Gasteiger partial charge on any atom is 0.387 e. The molecule has 6 heteroatoms. The summed E-state index contributed by atoms with van der Waals surface area (Å²) in [4.78, 5) is 11.2. The highest BCUT2D eigenvalue weighted by molar-refractivity contribution is 5.76. The predicted molar refractivity (Wildman–Crippen MR) is 66.3 cm³/mol. The van der Waals surface area contributed by atoms with Gasteiger partial charge in [-0.25, -0.2) is 0 Å². The Balaban J connectivity index is 2.98. The molecule has 2 N–H and O–H groups in total. The number of halogens is 2. The number of aliphatic carboxylic acids is 1. The molecule has 0 heterocycles. The Morgan fingerprint density at radius 2 is 2.00 bits per heavy atom. The van der Waals surface area contributed by atoms with Crippen molar-refractivity contribution in [1.29, 1.82) is 0 Å². The molecular formula is C13H17F2NO3. The van der Waals surface area contributed by atoms with Gasteiger partial charge in [-0.1, -0.05) is 32.0 Å². The van der Waals surface area contributed by atoms with E-state index in [4.69, 9.17) is 0 Å². The van der Waals surface area contributed by atoms with Gasteiger partial charge >= 0.3 is 12.6 Å². The Labute approximate surface area is 110 Å². The lowest BCUT2D eigenvalue weighted by molar-refractivity contribution is -0.139. The summed E-state index contributed by atoms with van der Waals surface area (Å²) in [6, 6.07) is 4.82. The molecular weight excluding hydrogens is 256 g/mol. The molecule has 0 aliphatic rings. The Hall–Kier alpha value is -1.69. The number of rotatable bonds is 7. The largest absolute Gasteiger partial charge is 0.480 e. The van der Waals surface area contributed by atoms with Gasteiger partial charge in [0.25, 0.3) is 0 Å². The summed E-state index contributed by atoms with van der Waals surface area (Å²) in [5.74, 6) is -1.02. The van der Waals surface area contributed by atoms with Gasteiger partial charge in [0, 0.05) is 5.56 Å². The quantitative estimate of drug-likeness (QED) is 0.802. The molecule has 106 valence electrons. The number of benzene rings is 1. The van der Waals surface area contributed by atoms with Gasteiger partial charge in [0.2, 0.25) is 0 Å². The number of hydrogen-bond donors (Lipinski definition) is 2. The number of hydrogen-bond acceptors (Lipinski definition) is 3. The highest BCUT2D eigenvalue weighted by Crippen LogP contribution is 2.26. The maximum atomic E-state index is 12.3. The van der Waals surface area contributed by atoms with Crippen molar-refractivity contribution in [2.45, 2.75) is 26.5 Å². The van der Waals surface area contributed by atoms with Crippen LogP contribution in [0.3, 0.4) is 0 Å². The lowest BCUT2D eigenvalue weighted by atomic mass is 10.0. The predicted octanol–water partition coefficient (Wildman–Crippen LogP) is 2.66. The molecule has 0 aromatic heterocycles. The van der Waals surface area contributed by atoms with E-state index in [-0.39, 0.29) is 17.2 Å². The number of carboxylic acids is 1. The average molecular weight is 273 g/mol. The minimum atomic E-state index is -2.99. The van der Waals surface area contributed by atoms with E-state index in [0.29, 0.717) is 6.54 Å². The van der Waals surface area contributed by atoms with Gasteiger partial charge < -0.3 is 15.2 Å². The molecule has 1 aromatic rings. The molecule has 0 radical (unpaired) electrons. The van der Waals surface area contributed by atoms with Crippen molar-refractivity contribution in [3.63, 3.8) is 0 Å². The molecule has 1 rings (SSSR count). The lowest BCUT2D eigenvalue weighted by Crippen LogP contribution is -2.31. The number of carbonyl (C=O) groups is 1. The van der Waals surface area contributed by atoms with Crippen LogP contribution in [0.2, 0.25) is 0 Å². The van der Waals surface area contributed by atoms with Crippen molar-refractivity contribution in [1.82, 2.24) is 5.32 Å². The van der Waals surface area contributed by atoms with E-state index < -0.39 is 18.6 Å². The van der Waals surface area contributed by atoms with Crippen LogP contribution in [0.5, 0.6) is 5.75 Å². The second-order valence-corrected chi connectivity index (χ2v) is 4.49. The molecule has 0 saturated carbocycles. The summed E-state index contributed by atoms with van der Waals surface area (Å²) in [6.07, 6.45) is 0. The summed E-state index contributed by atoms with van der Waals surface area (Å²) in [7, 11) is 0. The third-order valence-electron chi connectivity index (χ3n) is 2.42. The second-order valence-electron chi connectivity index (χ2n) is 4.49. The number of alkyl halides is 2. The molecule has 0 spiro atoms. The first kappa shape index (κ1) is 15.4. The zero-order valence-electron chi connectivity index (χ0n) is 10.8. The fourth-order valence-corrected chi connectivity index (χ4v) is 1.61. The van der Waals surface area contributed by atoms with Crippen molar-refractivity contribution in [3.05, 3.63) is 29.8 Å². The van der Waals surface area contributed by atoms with E-state index in [0.717, 1.165) is 0 Å². The first-order chi connectivity index (χ1) is 8.91. The lowest BCUT2D eigenvalue weighted by Gasteiger charge is -2.19. The number of carboxylic acid groups (broad SMARTS) is 1. The van der Waals surface area contributed by atoms with Crippen molar-refractivity contribution in [2.75, 3.05) is 6.54 Å². The van der Waals surface area contributed by atoms with Crippen LogP contribution in [0, 0.1) is 5.92 Å². The van der Waals surface area contributed by atoms with Crippen LogP contribution < -0.4 is 10.1 Å². The zero-order valence-corrected chi connectivity index (χ0v) is 10.8. The summed E-state index contributed by atoms with van der Waals surface area (Å²) in [6.45, 7) is 1.32. The Kier molecular flexibility index (Phi) is 5.69. The number of para-hydroxylation sites is 1. The summed E-state index contributed by atoms with van der Waals surface area (Å²) >= 11 is 0. The van der Waals surface area contributed by atoms with Gasteiger partial charge in [0.05, 0.1) is 0 Å². The van der Waals surface area contributed by atoms with Crippen LogP contribution >= 0.6 is 0 Å². The fraction of sp³-hybridized carbons (Fsp3) is 0.462. The highest BCUT2D eigenvalue weighted by Gasteiger charge is 2.24. The summed E-state index contributed by atoms with van der Waals surface area (Å²) in [5.41, 5.74) is 0.191. The van der Waals surface area contributed by atoms with Crippen LogP contribution in [0.25, 0.3) is 0 Å². The zero-order chi connectivity index (χ0) is 14.4. The van der Waals surface area contributed by atoms with Gasteiger partial charge in [0.1, 0.15) is 11.8 Å². The van der Waals surface area contributed by atoms with Crippen molar-refractivity contribution in [3.8, 4) is 5.75 Å². The first-order valence-electron chi connectivity index (χ1n) is 5.91. The van der Waals surface area contributed by atoms with Gasteiger partial charge in [-0.15, -0.1) is 0 Å². The highest BCUT2D eigenvalue weighted by atomic mass is 19.3. The van der Waals surface area contributed by atoms with E-state index in [1.807, 2.05) is 13.8 Å². The van der Waals surface area contributed by atoms with E-state index in [1.54, 1.807) is 6.07 Å². The van der Waals surface area contributed by atoms with Crippen molar-refractivity contribution in [2.24, 2.45) is 5.92 Å². The summed E-state index contributed by atoms with van der Waals surface area (Å²) in [5, 5.41) is 12.0. The Bertz CT molecular complexity index is 424. The molecule has 0 saturated heterocycles. The molecule has 1 atom stereocenters. The third kappa shape index (κ3) is 4.82. The van der Waals surface area contributed by atoms with Crippen LogP contribution in [-0.2, 0) is 4.79 Å². The molecule has 0 bridgehead atoms. The van der Waals surface area contributed by atoms with E-state index in [2.05, 4.69) is 10.1 Å². The average Bonchev–Trinajstić information content (AvgIpc) is 2.29. The molecule has 1 unspecified atom stereocenters. The monoisotopic (exact) mass is 273 g/mol. The topological polar surface area (TPSA) is 58.6 Å². The molecule has 4 nitrogen and oxygen atoms in total. The van der Waals surface area contributed by atoms with Crippen LogP contribution in [-0.4, -0.2) is 24.2 Å². The van der Waals surface area contributed by atoms with Crippen molar-refractivity contribution >= 4 is 5.97 Å². The van der Waals surface area contributed by atoms with Crippen LogP contribution in [0.4, 0.5) is 8.78 Å². The minimum Gasteiger partial charge on any atom is -0.480 e. The van der Waals surface area contributed by atoms with E-state index in [1.165, 1.54) is 18.2 Å². The Morgan fingerprint density at radius 1 is 1.37 bits per heavy atom. The molecule has 0 aliphatic carbocycles.